The Hall–Kier alpha value is -1.75. The van der Waals surface area contributed by atoms with Gasteiger partial charge in [-0.25, -0.2) is 0 Å². The van der Waals surface area contributed by atoms with E-state index in [4.69, 9.17) is 19.9 Å². The van der Waals surface area contributed by atoms with Crippen molar-refractivity contribution in [2.75, 3.05) is 13.7 Å². The molecule has 0 radical (unpaired) electrons. The van der Waals surface area contributed by atoms with Crippen LogP contribution in [-0.2, 0) is 16.0 Å². The molecule has 20 heavy (non-hydrogen) atoms. The zero-order valence-electron chi connectivity index (χ0n) is 12.1. The largest absolute Gasteiger partial charge is 0.496 e. The molecule has 5 heteroatoms. The molecule has 110 valence electrons. The van der Waals surface area contributed by atoms with Crippen LogP contribution in [0, 0.1) is 0 Å². The van der Waals surface area contributed by atoms with Crippen molar-refractivity contribution in [2.24, 2.45) is 5.73 Å². The molecule has 0 saturated carbocycles. The number of carbonyl (C=O) groups excluding carboxylic acids is 1. The van der Waals surface area contributed by atoms with Crippen molar-refractivity contribution in [3.05, 3.63) is 23.3 Å². The van der Waals surface area contributed by atoms with Gasteiger partial charge in [0.1, 0.15) is 17.6 Å². The highest BCUT2D eigenvalue weighted by molar-refractivity contribution is 5.70. The quantitative estimate of drug-likeness (QED) is 0.834. The second-order valence-corrected chi connectivity index (χ2v) is 4.95. The number of hydrogen-bond acceptors (Lipinski definition) is 5. The van der Waals surface area contributed by atoms with E-state index >= 15 is 0 Å². The minimum atomic E-state index is -0.464. The van der Waals surface area contributed by atoms with Crippen LogP contribution in [-0.4, -0.2) is 25.8 Å². The Kier molecular flexibility index (Phi) is 4.49. The number of methoxy groups -OCH3 is 1. The van der Waals surface area contributed by atoms with Gasteiger partial charge in [-0.3, -0.25) is 4.79 Å². The van der Waals surface area contributed by atoms with Crippen molar-refractivity contribution in [1.82, 2.24) is 0 Å². The van der Waals surface area contributed by atoms with Crippen molar-refractivity contribution in [2.45, 2.75) is 38.8 Å². The van der Waals surface area contributed by atoms with Crippen LogP contribution in [0.4, 0.5) is 0 Å². The molecule has 0 spiro atoms. The van der Waals surface area contributed by atoms with E-state index < -0.39 is 6.04 Å². The average Bonchev–Trinajstić information content (AvgIpc) is 2.76. The Morgan fingerprint density at radius 1 is 1.55 bits per heavy atom. The minimum absolute atomic E-state index is 0.124. The van der Waals surface area contributed by atoms with Crippen molar-refractivity contribution in [3.63, 3.8) is 0 Å². The summed E-state index contributed by atoms with van der Waals surface area (Å²) in [5, 5.41) is 0. The minimum Gasteiger partial charge on any atom is -0.496 e. The van der Waals surface area contributed by atoms with E-state index in [1.165, 1.54) is 0 Å². The van der Waals surface area contributed by atoms with E-state index in [1.807, 2.05) is 19.1 Å². The highest BCUT2D eigenvalue weighted by Gasteiger charge is 2.24. The fourth-order valence-corrected chi connectivity index (χ4v) is 2.43. The zero-order chi connectivity index (χ0) is 14.7. The van der Waals surface area contributed by atoms with E-state index in [0.29, 0.717) is 12.4 Å². The summed E-state index contributed by atoms with van der Waals surface area (Å²) in [4.78, 5) is 11.5. The van der Waals surface area contributed by atoms with Crippen LogP contribution in [0.1, 0.15) is 37.4 Å². The topological polar surface area (TPSA) is 70.8 Å². The summed E-state index contributed by atoms with van der Waals surface area (Å²) in [6.07, 6.45) is 1.14. The molecule has 2 unspecified atom stereocenters. The highest BCUT2D eigenvalue weighted by atomic mass is 16.5. The number of rotatable bonds is 5. The molecular formula is C15H21NO4. The second-order valence-electron chi connectivity index (χ2n) is 4.95. The summed E-state index contributed by atoms with van der Waals surface area (Å²) in [7, 11) is 1.60. The van der Waals surface area contributed by atoms with Crippen molar-refractivity contribution in [1.29, 1.82) is 0 Å². The lowest BCUT2D eigenvalue weighted by atomic mass is 10.00. The van der Waals surface area contributed by atoms with Crippen molar-refractivity contribution in [3.8, 4) is 11.5 Å². The average molecular weight is 279 g/mol. The van der Waals surface area contributed by atoms with E-state index in [2.05, 4.69) is 0 Å². The third kappa shape index (κ3) is 3.04. The first-order valence-electron chi connectivity index (χ1n) is 6.83. The lowest BCUT2D eigenvalue weighted by molar-refractivity contribution is -0.143. The summed E-state index contributed by atoms with van der Waals surface area (Å²) < 4.78 is 16.0. The summed E-state index contributed by atoms with van der Waals surface area (Å²) in [5.74, 6) is 1.21. The van der Waals surface area contributed by atoms with E-state index in [1.54, 1.807) is 14.0 Å². The van der Waals surface area contributed by atoms with Gasteiger partial charge >= 0.3 is 5.97 Å². The van der Waals surface area contributed by atoms with Crippen LogP contribution in [0.25, 0.3) is 0 Å². The molecule has 1 aromatic rings. The van der Waals surface area contributed by atoms with Gasteiger partial charge in [-0.15, -0.1) is 0 Å². The first-order chi connectivity index (χ1) is 9.55. The monoisotopic (exact) mass is 279 g/mol. The predicted octanol–water partition coefficient (Wildman–Crippen LogP) is 1.97. The Morgan fingerprint density at radius 2 is 2.30 bits per heavy atom. The molecule has 0 aromatic heterocycles. The van der Waals surface area contributed by atoms with Gasteiger partial charge in [-0.1, -0.05) is 0 Å². The van der Waals surface area contributed by atoms with Crippen LogP contribution >= 0.6 is 0 Å². The van der Waals surface area contributed by atoms with Crippen molar-refractivity contribution < 1.29 is 19.0 Å². The summed E-state index contributed by atoms with van der Waals surface area (Å²) in [5.41, 5.74) is 7.98. The van der Waals surface area contributed by atoms with E-state index in [9.17, 15) is 4.79 Å². The maximum Gasteiger partial charge on any atom is 0.307 e. The van der Waals surface area contributed by atoms with Crippen LogP contribution < -0.4 is 15.2 Å². The fourth-order valence-electron chi connectivity index (χ4n) is 2.43. The van der Waals surface area contributed by atoms with Crippen LogP contribution in [0.15, 0.2) is 12.1 Å². The molecular weight excluding hydrogens is 258 g/mol. The SMILES string of the molecule is CCOC(=O)CC(N)c1cc2c(cc1OC)CC(C)O2. The van der Waals surface area contributed by atoms with Gasteiger partial charge in [0, 0.05) is 23.6 Å². The molecule has 2 rings (SSSR count). The third-order valence-corrected chi connectivity index (χ3v) is 3.34. The molecule has 0 amide bonds. The highest BCUT2D eigenvalue weighted by Crippen LogP contribution is 2.37. The lowest BCUT2D eigenvalue weighted by Crippen LogP contribution is -2.18. The zero-order valence-corrected chi connectivity index (χ0v) is 12.1. The van der Waals surface area contributed by atoms with E-state index in [0.717, 1.165) is 23.3 Å². The summed E-state index contributed by atoms with van der Waals surface area (Å²) in [6.45, 7) is 4.15. The lowest BCUT2D eigenvalue weighted by Gasteiger charge is -2.16. The molecule has 1 aromatic carbocycles. The molecule has 0 aliphatic carbocycles. The normalized spacial score (nSPS) is 18.1. The fraction of sp³-hybridized carbons (Fsp3) is 0.533. The molecule has 2 N–H and O–H groups in total. The number of carbonyl (C=O) groups is 1. The Balaban J connectivity index is 2.22. The van der Waals surface area contributed by atoms with Crippen LogP contribution in [0.5, 0.6) is 11.5 Å². The Morgan fingerprint density at radius 3 is 2.95 bits per heavy atom. The molecule has 0 bridgehead atoms. The van der Waals surface area contributed by atoms with Crippen molar-refractivity contribution >= 4 is 5.97 Å². The molecule has 5 nitrogen and oxygen atoms in total. The van der Waals surface area contributed by atoms with Crippen LogP contribution in [0.2, 0.25) is 0 Å². The first-order valence-corrected chi connectivity index (χ1v) is 6.83. The number of benzene rings is 1. The number of hydrogen-bond donors (Lipinski definition) is 1. The smallest absolute Gasteiger partial charge is 0.307 e. The van der Waals surface area contributed by atoms with Gasteiger partial charge in [0.15, 0.2) is 0 Å². The van der Waals surface area contributed by atoms with Gasteiger partial charge in [0.2, 0.25) is 0 Å². The number of ether oxygens (including phenoxy) is 3. The van der Waals surface area contributed by atoms with E-state index in [-0.39, 0.29) is 18.5 Å². The van der Waals surface area contributed by atoms with Gasteiger partial charge in [0.05, 0.1) is 20.1 Å². The molecule has 0 fully saturated rings. The maximum absolute atomic E-state index is 11.5. The standard InChI is InChI=1S/C15H21NO4/c1-4-19-15(17)8-12(16)11-7-13-10(5-9(2)20-13)6-14(11)18-3/h6-7,9,12H,4-5,8,16H2,1-3H3. The molecule has 1 aliphatic rings. The maximum atomic E-state index is 11.5. The summed E-state index contributed by atoms with van der Waals surface area (Å²) >= 11 is 0. The number of esters is 1. The first kappa shape index (κ1) is 14.7. The molecule has 1 aliphatic heterocycles. The third-order valence-electron chi connectivity index (χ3n) is 3.34. The predicted molar refractivity (Wildman–Crippen MR) is 75.0 cm³/mol. The molecule has 0 saturated heterocycles. The molecule has 2 atom stereocenters. The molecule has 1 heterocycles. The summed E-state index contributed by atoms with van der Waals surface area (Å²) in [6, 6.07) is 3.36. The van der Waals surface area contributed by atoms with Gasteiger partial charge < -0.3 is 19.9 Å². The number of fused-ring (bicyclic) bond motifs is 1. The number of nitrogens with two attached hydrogens (primary N) is 1. The van der Waals surface area contributed by atoms with Crippen LogP contribution in [0.3, 0.4) is 0 Å². The van der Waals surface area contributed by atoms with Gasteiger partial charge in [0.25, 0.3) is 0 Å². The van der Waals surface area contributed by atoms with Gasteiger partial charge in [-0.2, -0.15) is 0 Å². The Bertz CT molecular complexity index is 501. The van der Waals surface area contributed by atoms with Gasteiger partial charge in [-0.05, 0) is 26.0 Å². The Labute approximate surface area is 119 Å². The second kappa shape index (κ2) is 6.13.